The lowest BCUT2D eigenvalue weighted by Crippen LogP contribution is -2.60. The van der Waals surface area contributed by atoms with Gasteiger partial charge in [0.15, 0.2) is 0 Å². The number of hydrogen-bond acceptors (Lipinski definition) is 2. The van der Waals surface area contributed by atoms with Crippen molar-refractivity contribution < 1.29 is 9.59 Å². The molecular weight excluding hydrogens is 408 g/mol. The molecule has 1 fully saturated rings. The van der Waals surface area contributed by atoms with Gasteiger partial charge >= 0.3 is 0 Å². The van der Waals surface area contributed by atoms with Gasteiger partial charge in [0.1, 0.15) is 5.54 Å². The van der Waals surface area contributed by atoms with E-state index in [0.717, 1.165) is 47.3 Å². The maximum absolute atomic E-state index is 14.1. The molecule has 3 aromatic rings. The average Bonchev–Trinajstić information content (AvgIpc) is 2.84. The van der Waals surface area contributed by atoms with Crippen LogP contribution in [0.1, 0.15) is 59.2 Å². The van der Waals surface area contributed by atoms with Gasteiger partial charge in [0.25, 0.3) is 11.8 Å². The fraction of sp³-hybridized carbons (Fsp3) is 0.310. The first-order valence-corrected chi connectivity index (χ1v) is 11.8. The maximum Gasteiger partial charge on any atom is 0.259 e. The molecule has 1 aliphatic rings. The van der Waals surface area contributed by atoms with E-state index in [2.05, 4.69) is 5.32 Å². The van der Waals surface area contributed by atoms with Gasteiger partial charge in [-0.15, -0.1) is 0 Å². The van der Waals surface area contributed by atoms with Gasteiger partial charge in [-0.3, -0.25) is 14.5 Å². The maximum atomic E-state index is 14.1. The first kappa shape index (κ1) is 22.8. The van der Waals surface area contributed by atoms with Crippen LogP contribution in [-0.2, 0) is 4.79 Å². The molecule has 1 aliphatic carbocycles. The molecule has 4 rings (SSSR count). The van der Waals surface area contributed by atoms with E-state index in [1.807, 2.05) is 93.6 Å². The highest BCUT2D eigenvalue weighted by molar-refractivity contribution is 6.14. The Labute approximate surface area is 196 Å². The van der Waals surface area contributed by atoms with E-state index in [4.69, 9.17) is 0 Å². The normalized spacial score (nSPS) is 15.0. The summed E-state index contributed by atoms with van der Waals surface area (Å²) in [4.78, 5) is 29.8. The van der Waals surface area contributed by atoms with Crippen LogP contribution in [0.3, 0.4) is 0 Å². The van der Waals surface area contributed by atoms with Crippen LogP contribution in [0.2, 0.25) is 0 Å². The highest BCUT2D eigenvalue weighted by Gasteiger charge is 2.48. The Bertz CT molecular complexity index is 1110. The number of para-hydroxylation sites is 1. The van der Waals surface area contributed by atoms with Gasteiger partial charge in [0, 0.05) is 16.9 Å². The molecule has 0 saturated heterocycles. The van der Waals surface area contributed by atoms with E-state index in [9.17, 15) is 9.59 Å². The van der Waals surface area contributed by atoms with E-state index in [-0.39, 0.29) is 11.8 Å². The Hall–Kier alpha value is -3.40. The molecule has 0 aliphatic heterocycles. The van der Waals surface area contributed by atoms with Gasteiger partial charge < -0.3 is 5.32 Å². The molecule has 0 heterocycles. The molecule has 1 saturated carbocycles. The second-order valence-corrected chi connectivity index (χ2v) is 9.16. The van der Waals surface area contributed by atoms with Gasteiger partial charge in [-0.2, -0.15) is 0 Å². The molecule has 4 nitrogen and oxygen atoms in total. The fourth-order valence-electron chi connectivity index (χ4n) is 4.89. The van der Waals surface area contributed by atoms with Crippen molar-refractivity contribution in [2.45, 2.75) is 58.4 Å². The summed E-state index contributed by atoms with van der Waals surface area (Å²) in [5.41, 5.74) is 4.38. The molecule has 0 bridgehead atoms. The van der Waals surface area contributed by atoms with Gasteiger partial charge in [0.05, 0.1) is 0 Å². The molecule has 170 valence electrons. The highest BCUT2D eigenvalue weighted by Crippen LogP contribution is 2.39. The SMILES string of the molecule is Cc1ccc(N(C(=O)c2ccccc2)C2(C(=O)Nc3c(C)cccc3C)CCCCC2)cc1. The molecule has 0 atom stereocenters. The minimum atomic E-state index is -0.949. The van der Waals surface area contributed by atoms with Crippen molar-refractivity contribution in [2.24, 2.45) is 0 Å². The molecular formula is C29H32N2O2. The Morgan fingerprint density at radius 3 is 1.97 bits per heavy atom. The van der Waals surface area contributed by atoms with Crippen molar-refractivity contribution in [2.75, 3.05) is 10.2 Å². The third-order valence-corrected chi connectivity index (χ3v) is 6.77. The van der Waals surface area contributed by atoms with E-state index in [1.54, 1.807) is 4.90 Å². The summed E-state index contributed by atoms with van der Waals surface area (Å²) in [5, 5.41) is 3.22. The molecule has 0 spiro atoms. The number of benzene rings is 3. The van der Waals surface area contributed by atoms with Gasteiger partial charge in [-0.05, 0) is 69.0 Å². The zero-order chi connectivity index (χ0) is 23.4. The summed E-state index contributed by atoms with van der Waals surface area (Å²) in [6.45, 7) is 6.03. The summed E-state index contributed by atoms with van der Waals surface area (Å²) in [6, 6.07) is 23.2. The van der Waals surface area contributed by atoms with Gasteiger partial charge in [-0.25, -0.2) is 0 Å². The molecule has 0 unspecified atom stereocenters. The van der Waals surface area contributed by atoms with Crippen molar-refractivity contribution in [1.82, 2.24) is 0 Å². The highest BCUT2D eigenvalue weighted by atomic mass is 16.2. The Balaban J connectivity index is 1.83. The number of nitrogens with one attached hydrogen (secondary N) is 1. The zero-order valence-electron chi connectivity index (χ0n) is 19.7. The monoisotopic (exact) mass is 440 g/mol. The number of carbonyl (C=O) groups is 2. The molecule has 33 heavy (non-hydrogen) atoms. The van der Waals surface area contributed by atoms with Crippen LogP contribution in [-0.4, -0.2) is 17.4 Å². The minimum absolute atomic E-state index is 0.107. The summed E-state index contributed by atoms with van der Waals surface area (Å²) >= 11 is 0. The van der Waals surface area contributed by atoms with Crippen LogP contribution >= 0.6 is 0 Å². The number of hydrogen-bond donors (Lipinski definition) is 1. The van der Waals surface area contributed by atoms with Gasteiger partial charge in [0.2, 0.25) is 0 Å². The summed E-state index contributed by atoms with van der Waals surface area (Å²) in [6.07, 6.45) is 4.15. The molecule has 2 amide bonds. The predicted octanol–water partition coefficient (Wildman–Crippen LogP) is 6.60. The lowest BCUT2D eigenvalue weighted by atomic mass is 9.78. The standard InChI is InChI=1S/C29H32N2O2/c1-21-15-17-25(18-16-21)31(27(32)24-13-6-4-7-14-24)29(19-8-5-9-20-29)28(33)30-26-22(2)11-10-12-23(26)3/h4,6-7,10-18H,5,8-9,19-20H2,1-3H3,(H,30,33). The number of anilines is 2. The van der Waals surface area contributed by atoms with E-state index < -0.39 is 5.54 Å². The van der Waals surface area contributed by atoms with E-state index in [1.165, 1.54) is 0 Å². The van der Waals surface area contributed by atoms with Gasteiger partial charge in [-0.1, -0.05) is 73.4 Å². The summed E-state index contributed by atoms with van der Waals surface area (Å²) in [7, 11) is 0. The third kappa shape index (κ3) is 4.56. The molecule has 0 aromatic heterocycles. The lowest BCUT2D eigenvalue weighted by molar-refractivity contribution is -0.122. The minimum Gasteiger partial charge on any atom is -0.324 e. The second kappa shape index (κ2) is 9.62. The third-order valence-electron chi connectivity index (χ3n) is 6.77. The first-order valence-electron chi connectivity index (χ1n) is 11.8. The zero-order valence-corrected chi connectivity index (χ0v) is 19.7. The quantitative estimate of drug-likeness (QED) is 0.486. The number of amides is 2. The van der Waals surface area contributed by atoms with Crippen LogP contribution in [0.4, 0.5) is 11.4 Å². The van der Waals surface area contributed by atoms with Crippen LogP contribution in [0.25, 0.3) is 0 Å². The van der Waals surface area contributed by atoms with Crippen molar-refractivity contribution in [1.29, 1.82) is 0 Å². The first-order chi connectivity index (χ1) is 15.9. The smallest absolute Gasteiger partial charge is 0.259 e. The second-order valence-electron chi connectivity index (χ2n) is 9.16. The number of carbonyl (C=O) groups excluding carboxylic acids is 2. The topological polar surface area (TPSA) is 49.4 Å². The number of nitrogens with zero attached hydrogens (tertiary/aromatic N) is 1. The molecule has 4 heteroatoms. The largest absolute Gasteiger partial charge is 0.324 e. The average molecular weight is 441 g/mol. The van der Waals surface area contributed by atoms with Crippen molar-refractivity contribution in [3.63, 3.8) is 0 Å². The molecule has 3 aromatic carbocycles. The van der Waals surface area contributed by atoms with Crippen molar-refractivity contribution >= 4 is 23.2 Å². The summed E-state index contributed by atoms with van der Waals surface area (Å²) < 4.78 is 0. The van der Waals surface area contributed by atoms with E-state index in [0.29, 0.717) is 18.4 Å². The number of rotatable bonds is 5. The fourth-order valence-corrected chi connectivity index (χ4v) is 4.89. The molecule has 1 N–H and O–H groups in total. The van der Waals surface area contributed by atoms with Crippen LogP contribution < -0.4 is 10.2 Å². The predicted molar refractivity (Wildman–Crippen MR) is 135 cm³/mol. The summed E-state index contributed by atoms with van der Waals surface area (Å²) in [5.74, 6) is -0.248. The Morgan fingerprint density at radius 2 is 1.36 bits per heavy atom. The van der Waals surface area contributed by atoms with Crippen LogP contribution in [0, 0.1) is 20.8 Å². The van der Waals surface area contributed by atoms with Crippen molar-refractivity contribution in [3.8, 4) is 0 Å². The Morgan fingerprint density at radius 1 is 0.758 bits per heavy atom. The molecule has 0 radical (unpaired) electrons. The Kier molecular flexibility index (Phi) is 6.64. The van der Waals surface area contributed by atoms with Crippen molar-refractivity contribution in [3.05, 3.63) is 95.1 Å². The van der Waals surface area contributed by atoms with Crippen LogP contribution in [0.15, 0.2) is 72.8 Å². The lowest BCUT2D eigenvalue weighted by Gasteiger charge is -2.45. The van der Waals surface area contributed by atoms with Crippen LogP contribution in [0.5, 0.6) is 0 Å². The van der Waals surface area contributed by atoms with E-state index >= 15 is 0 Å². The number of aryl methyl sites for hydroxylation is 3.